The Hall–Kier alpha value is -1.96. The number of hydrogen-bond acceptors (Lipinski definition) is 1. The van der Waals surface area contributed by atoms with Crippen LogP contribution in [0.2, 0.25) is 0 Å². The van der Waals surface area contributed by atoms with E-state index in [9.17, 15) is 9.18 Å². The highest BCUT2D eigenvalue weighted by molar-refractivity contribution is 5.97. The highest BCUT2D eigenvalue weighted by Gasteiger charge is 2.06. The molecule has 2 heteroatoms. The predicted molar refractivity (Wildman–Crippen MR) is 72.2 cm³/mol. The lowest BCUT2D eigenvalue weighted by Crippen LogP contribution is -2.03. The van der Waals surface area contributed by atoms with E-state index in [1.807, 2.05) is 32.0 Å². The molecule has 0 spiro atoms. The minimum atomic E-state index is -0.307. The second-order valence-electron chi connectivity index (χ2n) is 3.60. The molecule has 0 N–H and O–H groups in total. The van der Waals surface area contributed by atoms with Gasteiger partial charge in [0.05, 0.1) is 0 Å². The van der Waals surface area contributed by atoms with Crippen molar-refractivity contribution in [2.75, 3.05) is 0 Å². The van der Waals surface area contributed by atoms with Crippen molar-refractivity contribution in [3.8, 4) is 0 Å². The molecule has 0 aromatic heterocycles. The maximum Gasteiger partial charge on any atom is 0.167 e. The average molecular weight is 244 g/mol. The summed E-state index contributed by atoms with van der Waals surface area (Å²) < 4.78 is 12.9. The van der Waals surface area contributed by atoms with Crippen molar-refractivity contribution in [1.82, 2.24) is 0 Å². The third-order valence-electron chi connectivity index (χ3n) is 2.35. The molecule has 0 heterocycles. The van der Waals surface area contributed by atoms with Gasteiger partial charge in [-0.25, -0.2) is 4.39 Å². The second kappa shape index (κ2) is 7.38. The van der Waals surface area contributed by atoms with Crippen molar-refractivity contribution in [1.29, 1.82) is 0 Å². The highest BCUT2D eigenvalue weighted by atomic mass is 19.1. The van der Waals surface area contributed by atoms with Crippen LogP contribution in [0.4, 0.5) is 4.39 Å². The van der Waals surface area contributed by atoms with Crippen LogP contribution in [0.1, 0.15) is 29.8 Å². The minimum absolute atomic E-state index is 0.00574. The molecule has 0 radical (unpaired) electrons. The van der Waals surface area contributed by atoms with Crippen LogP contribution in [0.5, 0.6) is 0 Å². The monoisotopic (exact) mass is 244 g/mol. The van der Waals surface area contributed by atoms with Gasteiger partial charge >= 0.3 is 0 Å². The molecule has 1 nitrogen and oxygen atoms in total. The normalized spacial score (nSPS) is 9.28. The zero-order valence-corrected chi connectivity index (χ0v) is 10.7. The highest BCUT2D eigenvalue weighted by Crippen LogP contribution is 2.08. The summed E-state index contributed by atoms with van der Waals surface area (Å²) >= 11 is 0. The standard InChI is InChI=1S/C14H11FO.C2H6/c15-13-8-4-5-11(9-13)10-14(16)12-6-2-1-3-7-12;1-2/h1-9H,10H2;1-2H3. The van der Waals surface area contributed by atoms with Crippen LogP contribution < -0.4 is 0 Å². The fourth-order valence-corrected chi connectivity index (χ4v) is 1.56. The number of halogens is 1. The first-order valence-corrected chi connectivity index (χ1v) is 6.08. The Balaban J connectivity index is 0.000000771. The summed E-state index contributed by atoms with van der Waals surface area (Å²) in [4.78, 5) is 11.8. The van der Waals surface area contributed by atoms with Crippen molar-refractivity contribution < 1.29 is 9.18 Å². The van der Waals surface area contributed by atoms with E-state index in [-0.39, 0.29) is 18.0 Å². The Labute approximate surface area is 107 Å². The number of hydrogen-bond donors (Lipinski definition) is 0. The minimum Gasteiger partial charge on any atom is -0.294 e. The topological polar surface area (TPSA) is 17.1 Å². The fraction of sp³-hybridized carbons (Fsp3) is 0.188. The lowest BCUT2D eigenvalue weighted by atomic mass is 10.0. The summed E-state index contributed by atoms with van der Waals surface area (Å²) in [6, 6.07) is 15.2. The first kappa shape index (κ1) is 14.1. The zero-order valence-electron chi connectivity index (χ0n) is 10.7. The van der Waals surface area contributed by atoms with Crippen LogP contribution >= 0.6 is 0 Å². The third kappa shape index (κ3) is 4.13. The Morgan fingerprint density at radius 2 is 1.67 bits per heavy atom. The Morgan fingerprint density at radius 3 is 2.28 bits per heavy atom. The van der Waals surface area contributed by atoms with E-state index in [2.05, 4.69) is 0 Å². The van der Waals surface area contributed by atoms with Crippen molar-refractivity contribution in [3.05, 3.63) is 71.5 Å². The number of rotatable bonds is 3. The van der Waals surface area contributed by atoms with E-state index < -0.39 is 0 Å². The first-order valence-electron chi connectivity index (χ1n) is 6.08. The quantitative estimate of drug-likeness (QED) is 0.736. The smallest absolute Gasteiger partial charge is 0.167 e. The van der Waals surface area contributed by atoms with E-state index in [1.54, 1.807) is 24.3 Å². The first-order chi connectivity index (χ1) is 8.75. The Morgan fingerprint density at radius 1 is 1.00 bits per heavy atom. The van der Waals surface area contributed by atoms with Gasteiger partial charge in [-0.1, -0.05) is 56.3 Å². The molecule has 2 rings (SSSR count). The number of ketones is 1. The van der Waals surface area contributed by atoms with E-state index in [4.69, 9.17) is 0 Å². The largest absolute Gasteiger partial charge is 0.294 e. The second-order valence-corrected chi connectivity index (χ2v) is 3.60. The Kier molecular flexibility index (Phi) is 5.78. The molecule has 0 aliphatic rings. The number of benzene rings is 2. The van der Waals surface area contributed by atoms with Gasteiger partial charge in [0.15, 0.2) is 5.78 Å². The maximum atomic E-state index is 12.9. The van der Waals surface area contributed by atoms with Crippen molar-refractivity contribution in [3.63, 3.8) is 0 Å². The van der Waals surface area contributed by atoms with Gasteiger partial charge < -0.3 is 0 Å². The molecule has 2 aromatic rings. The van der Waals surface area contributed by atoms with Crippen LogP contribution in [-0.2, 0) is 6.42 Å². The van der Waals surface area contributed by atoms with Gasteiger partial charge in [0, 0.05) is 12.0 Å². The van der Waals surface area contributed by atoms with Crippen molar-refractivity contribution >= 4 is 5.78 Å². The molecular formula is C16H17FO. The molecule has 94 valence electrons. The zero-order chi connectivity index (χ0) is 13.4. The summed E-state index contributed by atoms with van der Waals surface area (Å²) in [6.45, 7) is 4.00. The van der Waals surface area contributed by atoms with E-state index in [0.717, 1.165) is 0 Å². The lowest BCUT2D eigenvalue weighted by Gasteiger charge is -2.01. The van der Waals surface area contributed by atoms with E-state index in [1.165, 1.54) is 12.1 Å². The molecule has 0 fully saturated rings. The van der Waals surface area contributed by atoms with Crippen LogP contribution in [0.15, 0.2) is 54.6 Å². The van der Waals surface area contributed by atoms with Crippen molar-refractivity contribution in [2.45, 2.75) is 20.3 Å². The molecule has 0 saturated heterocycles. The molecule has 0 aliphatic heterocycles. The molecule has 0 unspecified atom stereocenters. The van der Waals surface area contributed by atoms with Crippen LogP contribution in [0.3, 0.4) is 0 Å². The van der Waals surface area contributed by atoms with E-state index >= 15 is 0 Å². The van der Waals surface area contributed by atoms with Crippen molar-refractivity contribution in [2.24, 2.45) is 0 Å². The third-order valence-corrected chi connectivity index (χ3v) is 2.35. The fourth-order valence-electron chi connectivity index (χ4n) is 1.56. The maximum absolute atomic E-state index is 12.9. The van der Waals surface area contributed by atoms with Gasteiger partial charge in [-0.05, 0) is 17.7 Å². The van der Waals surface area contributed by atoms with Gasteiger partial charge in [-0.2, -0.15) is 0 Å². The molecule has 0 aliphatic carbocycles. The van der Waals surface area contributed by atoms with E-state index in [0.29, 0.717) is 11.1 Å². The predicted octanol–water partition coefficient (Wildman–Crippen LogP) is 4.28. The van der Waals surface area contributed by atoms with Crippen LogP contribution in [0, 0.1) is 5.82 Å². The number of Topliss-reactive ketones (excluding diaryl/α,β-unsaturated/α-hetero) is 1. The number of carbonyl (C=O) groups is 1. The van der Waals surface area contributed by atoms with Gasteiger partial charge in [0.1, 0.15) is 5.82 Å². The van der Waals surface area contributed by atoms with Crippen LogP contribution in [-0.4, -0.2) is 5.78 Å². The molecule has 0 atom stereocenters. The summed E-state index contributed by atoms with van der Waals surface area (Å²) in [5.41, 5.74) is 1.36. The summed E-state index contributed by atoms with van der Waals surface area (Å²) in [6.07, 6.45) is 0.238. The Bertz CT molecular complexity index is 491. The van der Waals surface area contributed by atoms with Gasteiger partial charge in [-0.3, -0.25) is 4.79 Å². The number of carbonyl (C=O) groups excluding carboxylic acids is 1. The van der Waals surface area contributed by atoms with Gasteiger partial charge in [0.2, 0.25) is 0 Å². The summed E-state index contributed by atoms with van der Waals surface area (Å²) in [5.74, 6) is -0.301. The van der Waals surface area contributed by atoms with Gasteiger partial charge in [-0.15, -0.1) is 0 Å². The SMILES string of the molecule is CC.O=C(Cc1cccc(F)c1)c1ccccc1. The summed E-state index contributed by atoms with van der Waals surface area (Å²) in [7, 11) is 0. The molecule has 2 aromatic carbocycles. The van der Waals surface area contributed by atoms with Gasteiger partial charge in [0.25, 0.3) is 0 Å². The molecule has 0 amide bonds. The average Bonchev–Trinajstić information content (AvgIpc) is 2.42. The molecule has 18 heavy (non-hydrogen) atoms. The molecule has 0 bridgehead atoms. The van der Waals surface area contributed by atoms with Crippen LogP contribution in [0.25, 0.3) is 0 Å². The molecule has 0 saturated carbocycles. The summed E-state index contributed by atoms with van der Waals surface area (Å²) in [5, 5.41) is 0. The lowest BCUT2D eigenvalue weighted by molar-refractivity contribution is 0.0993. The molecular weight excluding hydrogens is 227 g/mol.